The molecule has 0 atom stereocenters. The van der Waals surface area contributed by atoms with Crippen molar-refractivity contribution >= 4 is 17.3 Å². The van der Waals surface area contributed by atoms with E-state index in [-0.39, 0.29) is 0 Å². The molecule has 6 heteroatoms. The summed E-state index contributed by atoms with van der Waals surface area (Å²) in [5.41, 5.74) is 3.85. The maximum Gasteiger partial charge on any atom is 0.337 e. The Kier molecular flexibility index (Phi) is 5.05. The molecule has 122 valence electrons. The number of carboxylic acids is 1. The molecule has 0 saturated carbocycles. The Balaban J connectivity index is 1.92. The van der Waals surface area contributed by atoms with Crippen LogP contribution in [0.3, 0.4) is 0 Å². The molecule has 2 aromatic rings. The summed E-state index contributed by atoms with van der Waals surface area (Å²) in [7, 11) is 1.71. The predicted octanol–water partition coefficient (Wildman–Crippen LogP) is 2.56. The fraction of sp³-hybridized carbons (Fsp3) is 0.412. The van der Waals surface area contributed by atoms with Gasteiger partial charge in [0.25, 0.3) is 0 Å². The minimum atomic E-state index is -0.915. The van der Waals surface area contributed by atoms with Crippen LogP contribution < -0.4 is 0 Å². The van der Waals surface area contributed by atoms with Gasteiger partial charge in [-0.1, -0.05) is 0 Å². The van der Waals surface area contributed by atoms with E-state index >= 15 is 0 Å². The number of rotatable bonds is 5. The molecular formula is C17H20N2O3S. The lowest BCUT2D eigenvalue weighted by molar-refractivity contribution is 0.0697. The van der Waals surface area contributed by atoms with Gasteiger partial charge in [-0.15, -0.1) is 0 Å². The maximum atomic E-state index is 11.6. The van der Waals surface area contributed by atoms with Gasteiger partial charge >= 0.3 is 5.97 Å². The van der Waals surface area contributed by atoms with Crippen molar-refractivity contribution < 1.29 is 14.6 Å². The van der Waals surface area contributed by atoms with Crippen LogP contribution in [0.2, 0.25) is 0 Å². The van der Waals surface area contributed by atoms with Crippen molar-refractivity contribution in [3.63, 3.8) is 0 Å². The zero-order valence-corrected chi connectivity index (χ0v) is 13.9. The van der Waals surface area contributed by atoms with Gasteiger partial charge in [0.2, 0.25) is 0 Å². The van der Waals surface area contributed by atoms with Crippen LogP contribution >= 0.6 is 11.3 Å². The predicted molar refractivity (Wildman–Crippen MR) is 90.2 cm³/mol. The number of hydrogen-bond acceptors (Lipinski definition) is 5. The average molecular weight is 332 g/mol. The first-order valence-electron chi connectivity index (χ1n) is 7.69. The molecule has 3 heterocycles. The number of hydrogen-bond donors (Lipinski definition) is 1. The highest BCUT2D eigenvalue weighted by Crippen LogP contribution is 2.27. The third kappa shape index (κ3) is 3.60. The fourth-order valence-electron chi connectivity index (χ4n) is 2.91. The SMILES string of the molecule is COCCN1CCc2cc(C(=O)O)c(-c3ccsc3)nc2CC1. The molecule has 0 saturated heterocycles. The molecule has 3 rings (SSSR count). The van der Waals surface area contributed by atoms with Gasteiger partial charge < -0.3 is 14.7 Å². The quantitative estimate of drug-likeness (QED) is 0.912. The standard InChI is InChI=1S/C17H20N2O3S/c1-22-8-7-19-5-2-12-10-14(17(20)21)16(13-4-9-23-11-13)18-15(12)3-6-19/h4,9-11H,2-3,5-8H2,1H3,(H,20,21). The molecule has 0 aliphatic carbocycles. The molecule has 0 spiro atoms. The van der Waals surface area contributed by atoms with E-state index in [1.54, 1.807) is 18.4 Å². The molecular weight excluding hydrogens is 312 g/mol. The molecule has 0 unspecified atom stereocenters. The second-order valence-corrected chi connectivity index (χ2v) is 6.42. The third-order valence-electron chi connectivity index (χ3n) is 4.19. The van der Waals surface area contributed by atoms with Crippen LogP contribution in [0.5, 0.6) is 0 Å². The van der Waals surface area contributed by atoms with Crippen molar-refractivity contribution in [3.8, 4) is 11.3 Å². The number of nitrogens with zero attached hydrogens (tertiary/aromatic N) is 2. The van der Waals surface area contributed by atoms with Gasteiger partial charge in [-0.05, 0) is 29.5 Å². The first-order valence-corrected chi connectivity index (χ1v) is 8.63. The number of ether oxygens (including phenoxy) is 1. The van der Waals surface area contributed by atoms with Crippen molar-refractivity contribution in [3.05, 3.63) is 39.7 Å². The van der Waals surface area contributed by atoms with Gasteiger partial charge in [0, 0.05) is 49.8 Å². The summed E-state index contributed by atoms with van der Waals surface area (Å²) >= 11 is 1.55. The van der Waals surface area contributed by atoms with Gasteiger partial charge in [0.15, 0.2) is 0 Å². The monoisotopic (exact) mass is 332 g/mol. The fourth-order valence-corrected chi connectivity index (χ4v) is 3.55. The molecule has 0 radical (unpaired) electrons. The molecule has 2 aromatic heterocycles. The van der Waals surface area contributed by atoms with Crippen LogP contribution in [-0.4, -0.2) is 54.3 Å². The molecule has 5 nitrogen and oxygen atoms in total. The lowest BCUT2D eigenvalue weighted by atomic mass is 10.0. The number of aromatic nitrogens is 1. The number of carbonyl (C=O) groups is 1. The minimum Gasteiger partial charge on any atom is -0.478 e. The van der Waals surface area contributed by atoms with Crippen molar-refractivity contribution in [2.24, 2.45) is 0 Å². The molecule has 0 fully saturated rings. The Labute approximate surface area is 139 Å². The normalized spacial score (nSPS) is 15.2. The van der Waals surface area contributed by atoms with Gasteiger partial charge in [0.1, 0.15) is 0 Å². The van der Waals surface area contributed by atoms with Crippen LogP contribution in [0.25, 0.3) is 11.3 Å². The van der Waals surface area contributed by atoms with Gasteiger partial charge in [-0.2, -0.15) is 11.3 Å². The van der Waals surface area contributed by atoms with E-state index in [1.807, 2.05) is 22.9 Å². The molecule has 23 heavy (non-hydrogen) atoms. The van der Waals surface area contributed by atoms with E-state index in [1.165, 1.54) is 0 Å². The summed E-state index contributed by atoms with van der Waals surface area (Å²) in [5.74, 6) is -0.915. The summed E-state index contributed by atoms with van der Waals surface area (Å²) in [6.45, 7) is 3.45. The summed E-state index contributed by atoms with van der Waals surface area (Å²) < 4.78 is 5.15. The molecule has 1 aliphatic heterocycles. The zero-order valence-electron chi connectivity index (χ0n) is 13.1. The number of aromatic carboxylic acids is 1. The Bertz CT molecular complexity index is 685. The van der Waals surface area contributed by atoms with Crippen LogP contribution in [0, 0.1) is 0 Å². The summed E-state index contributed by atoms with van der Waals surface area (Å²) in [6.07, 6.45) is 1.67. The van der Waals surface area contributed by atoms with E-state index in [0.29, 0.717) is 17.9 Å². The minimum absolute atomic E-state index is 0.299. The Morgan fingerprint density at radius 3 is 2.96 bits per heavy atom. The molecule has 0 bridgehead atoms. The smallest absolute Gasteiger partial charge is 0.337 e. The number of carboxylic acid groups (broad SMARTS) is 1. The highest BCUT2D eigenvalue weighted by Gasteiger charge is 2.21. The largest absolute Gasteiger partial charge is 0.478 e. The Hall–Kier alpha value is -1.76. The third-order valence-corrected chi connectivity index (χ3v) is 4.87. The molecule has 1 N–H and O–H groups in total. The highest BCUT2D eigenvalue weighted by molar-refractivity contribution is 7.08. The van der Waals surface area contributed by atoms with Crippen molar-refractivity contribution in [1.29, 1.82) is 0 Å². The summed E-state index contributed by atoms with van der Waals surface area (Å²) in [4.78, 5) is 18.7. The van der Waals surface area contributed by atoms with E-state index in [0.717, 1.165) is 49.3 Å². The lowest BCUT2D eigenvalue weighted by Crippen LogP contribution is -2.29. The van der Waals surface area contributed by atoms with E-state index in [9.17, 15) is 9.90 Å². The van der Waals surface area contributed by atoms with E-state index in [4.69, 9.17) is 9.72 Å². The van der Waals surface area contributed by atoms with Gasteiger partial charge in [-0.25, -0.2) is 4.79 Å². The first-order chi connectivity index (χ1) is 11.2. The van der Waals surface area contributed by atoms with Crippen molar-refractivity contribution in [2.45, 2.75) is 12.8 Å². The second kappa shape index (κ2) is 7.21. The van der Waals surface area contributed by atoms with Gasteiger partial charge in [0.05, 0.1) is 17.9 Å². The van der Waals surface area contributed by atoms with Gasteiger partial charge in [-0.3, -0.25) is 4.98 Å². The van der Waals surface area contributed by atoms with E-state index in [2.05, 4.69) is 4.90 Å². The zero-order chi connectivity index (χ0) is 16.2. The van der Waals surface area contributed by atoms with Crippen LogP contribution in [-0.2, 0) is 17.6 Å². The van der Waals surface area contributed by atoms with Crippen LogP contribution in [0.1, 0.15) is 21.6 Å². The number of pyridine rings is 1. The number of thiophene rings is 1. The Morgan fingerprint density at radius 1 is 1.43 bits per heavy atom. The molecule has 1 aliphatic rings. The average Bonchev–Trinajstić information content (AvgIpc) is 3.00. The van der Waals surface area contributed by atoms with Crippen LogP contribution in [0.15, 0.2) is 22.9 Å². The topological polar surface area (TPSA) is 62.7 Å². The summed E-state index contributed by atoms with van der Waals surface area (Å²) in [6, 6.07) is 3.74. The van der Waals surface area contributed by atoms with Crippen molar-refractivity contribution in [1.82, 2.24) is 9.88 Å². The number of fused-ring (bicyclic) bond motifs is 1. The summed E-state index contributed by atoms with van der Waals surface area (Å²) in [5, 5.41) is 13.4. The first kappa shape index (κ1) is 16.1. The van der Waals surface area contributed by atoms with E-state index < -0.39 is 5.97 Å². The molecule has 0 amide bonds. The highest BCUT2D eigenvalue weighted by atomic mass is 32.1. The lowest BCUT2D eigenvalue weighted by Gasteiger charge is -2.18. The molecule has 0 aromatic carbocycles. The number of methoxy groups -OCH3 is 1. The maximum absolute atomic E-state index is 11.6. The second-order valence-electron chi connectivity index (χ2n) is 5.64. The Morgan fingerprint density at radius 2 is 2.26 bits per heavy atom. The van der Waals surface area contributed by atoms with Crippen LogP contribution in [0.4, 0.5) is 0 Å². The van der Waals surface area contributed by atoms with Crippen molar-refractivity contribution in [2.75, 3.05) is 33.4 Å².